The van der Waals surface area contributed by atoms with Crippen LogP contribution in [0.25, 0.3) is 6.08 Å². The highest BCUT2D eigenvalue weighted by atomic mass is 19.1. The lowest BCUT2D eigenvalue weighted by atomic mass is 9.48. The first kappa shape index (κ1) is 19.2. The Morgan fingerprint density at radius 3 is 2.52 bits per heavy atom. The molecule has 4 aliphatic rings. The number of halogens is 1. The van der Waals surface area contributed by atoms with E-state index < -0.39 is 0 Å². The van der Waals surface area contributed by atoms with Crippen LogP contribution in [0.4, 0.5) is 4.39 Å². The van der Waals surface area contributed by atoms with Crippen molar-refractivity contribution in [3.63, 3.8) is 0 Å². The highest BCUT2D eigenvalue weighted by molar-refractivity contribution is 6.05. The maximum absolute atomic E-state index is 13.4. The highest BCUT2D eigenvalue weighted by Crippen LogP contribution is 2.64. The Kier molecular flexibility index (Phi) is 4.40. The van der Waals surface area contributed by atoms with Gasteiger partial charge in [0, 0.05) is 5.41 Å². The number of rotatable bonds is 1. The zero-order valence-corrected chi connectivity index (χ0v) is 17.5. The van der Waals surface area contributed by atoms with Gasteiger partial charge in [0.1, 0.15) is 5.82 Å². The fourth-order valence-corrected chi connectivity index (χ4v) is 7.20. The van der Waals surface area contributed by atoms with E-state index in [0.717, 1.165) is 56.1 Å². The fourth-order valence-electron chi connectivity index (χ4n) is 7.20. The van der Waals surface area contributed by atoms with Gasteiger partial charge in [-0.3, -0.25) is 4.79 Å². The van der Waals surface area contributed by atoms with Crippen LogP contribution in [-0.2, 0) is 4.79 Å². The van der Waals surface area contributed by atoms with Crippen molar-refractivity contribution < 1.29 is 14.3 Å². The summed E-state index contributed by atoms with van der Waals surface area (Å²) < 4.78 is 13.3. The van der Waals surface area contributed by atoms with E-state index in [0.29, 0.717) is 23.5 Å². The number of aliphatic hydroxyl groups excluding tert-OH is 1. The van der Waals surface area contributed by atoms with Crippen LogP contribution >= 0.6 is 0 Å². The molecule has 3 heteroatoms. The molecular formula is C26H31FO2. The molecule has 1 N–H and O–H groups in total. The molecule has 4 aliphatic carbocycles. The minimum Gasteiger partial charge on any atom is -0.393 e. The summed E-state index contributed by atoms with van der Waals surface area (Å²) >= 11 is 0. The molecule has 0 aromatic heterocycles. The number of benzene rings is 1. The zero-order chi connectivity index (χ0) is 20.4. The van der Waals surface area contributed by atoms with E-state index in [9.17, 15) is 14.3 Å². The van der Waals surface area contributed by atoms with Crippen molar-refractivity contribution in [2.75, 3.05) is 0 Å². The van der Waals surface area contributed by atoms with Crippen LogP contribution in [0.5, 0.6) is 0 Å². The SMILES string of the molecule is C[C@@]12CC[C@H]3[C@@H](CC=C4C[C@@H](O)CC[C@@]43C)[C@H]1CC(=Cc1ccc(F)cc1)C2=O. The van der Waals surface area contributed by atoms with Crippen LogP contribution in [0.15, 0.2) is 41.5 Å². The molecule has 6 atom stereocenters. The summed E-state index contributed by atoms with van der Waals surface area (Å²) in [4.78, 5) is 13.4. The number of allylic oxidation sites excluding steroid dienone is 2. The second kappa shape index (κ2) is 6.63. The van der Waals surface area contributed by atoms with Crippen molar-refractivity contribution in [1.82, 2.24) is 0 Å². The molecule has 0 spiro atoms. The Balaban J connectivity index is 1.47. The second-order valence-electron chi connectivity index (χ2n) is 10.4. The van der Waals surface area contributed by atoms with E-state index in [2.05, 4.69) is 19.9 Å². The normalized spacial score (nSPS) is 42.8. The van der Waals surface area contributed by atoms with E-state index in [-0.39, 0.29) is 22.8 Å². The molecular weight excluding hydrogens is 363 g/mol. The Morgan fingerprint density at radius 1 is 1.03 bits per heavy atom. The molecule has 0 aliphatic heterocycles. The Labute approximate surface area is 172 Å². The third-order valence-corrected chi connectivity index (χ3v) is 8.93. The summed E-state index contributed by atoms with van der Waals surface area (Å²) in [5.41, 5.74) is 3.22. The standard InChI is InChI=1S/C26H31FO2/c1-25-11-9-20(28)15-18(25)5-8-21-22(25)10-12-26(2)23(21)14-17(24(26)29)13-16-3-6-19(27)7-4-16/h3-7,13,20-23,28H,8-12,14-15H2,1-2H3/t20-,21+,22-,23+,25-,26+/m0/s1. The van der Waals surface area contributed by atoms with Gasteiger partial charge in [-0.2, -0.15) is 0 Å². The summed E-state index contributed by atoms with van der Waals surface area (Å²) in [6, 6.07) is 6.43. The largest absolute Gasteiger partial charge is 0.393 e. The lowest BCUT2D eigenvalue weighted by molar-refractivity contribution is -0.130. The number of Topliss-reactive ketones (excluding diaryl/α,β-unsaturated/α-hetero) is 1. The van der Waals surface area contributed by atoms with Gasteiger partial charge in [0.15, 0.2) is 5.78 Å². The van der Waals surface area contributed by atoms with E-state index in [4.69, 9.17) is 0 Å². The predicted molar refractivity (Wildman–Crippen MR) is 112 cm³/mol. The van der Waals surface area contributed by atoms with Crippen molar-refractivity contribution in [1.29, 1.82) is 0 Å². The number of ketones is 1. The Morgan fingerprint density at radius 2 is 1.76 bits per heavy atom. The van der Waals surface area contributed by atoms with Gasteiger partial charge < -0.3 is 5.11 Å². The van der Waals surface area contributed by atoms with E-state index in [1.807, 2.05) is 6.08 Å². The quantitative estimate of drug-likeness (QED) is 0.489. The molecule has 0 amide bonds. The van der Waals surface area contributed by atoms with Gasteiger partial charge in [0.05, 0.1) is 6.10 Å². The number of aliphatic hydroxyl groups is 1. The average Bonchev–Trinajstić information content (AvgIpc) is 2.95. The van der Waals surface area contributed by atoms with Crippen molar-refractivity contribution in [3.05, 3.63) is 52.9 Å². The summed E-state index contributed by atoms with van der Waals surface area (Å²) in [6.07, 6.45) is 11.0. The van der Waals surface area contributed by atoms with Crippen LogP contribution in [0.1, 0.15) is 64.4 Å². The average molecular weight is 395 g/mol. The van der Waals surface area contributed by atoms with Gasteiger partial charge in [-0.05, 0) is 97.5 Å². The van der Waals surface area contributed by atoms with Crippen LogP contribution in [-0.4, -0.2) is 17.0 Å². The molecule has 1 aromatic carbocycles. The van der Waals surface area contributed by atoms with Gasteiger partial charge in [-0.1, -0.05) is 37.6 Å². The summed E-state index contributed by atoms with van der Waals surface area (Å²) in [6.45, 7) is 4.60. The Hall–Kier alpha value is -1.74. The van der Waals surface area contributed by atoms with Crippen molar-refractivity contribution in [2.24, 2.45) is 28.6 Å². The molecule has 0 radical (unpaired) electrons. The third-order valence-electron chi connectivity index (χ3n) is 8.93. The molecule has 2 nitrogen and oxygen atoms in total. The molecule has 3 saturated carbocycles. The predicted octanol–water partition coefficient (Wildman–Crippen LogP) is 5.71. The minimum absolute atomic E-state index is 0.182. The molecule has 5 rings (SSSR count). The second-order valence-corrected chi connectivity index (χ2v) is 10.4. The first-order chi connectivity index (χ1) is 13.8. The molecule has 0 unspecified atom stereocenters. The summed E-state index contributed by atoms with van der Waals surface area (Å²) in [5.74, 6) is 1.61. The zero-order valence-electron chi connectivity index (χ0n) is 17.5. The maximum Gasteiger partial charge on any atom is 0.165 e. The minimum atomic E-state index is -0.261. The topological polar surface area (TPSA) is 37.3 Å². The first-order valence-corrected chi connectivity index (χ1v) is 11.2. The van der Waals surface area contributed by atoms with Crippen molar-refractivity contribution >= 4 is 11.9 Å². The highest BCUT2D eigenvalue weighted by Gasteiger charge is 2.59. The van der Waals surface area contributed by atoms with Gasteiger partial charge in [0.25, 0.3) is 0 Å². The van der Waals surface area contributed by atoms with Crippen LogP contribution in [0.2, 0.25) is 0 Å². The van der Waals surface area contributed by atoms with Crippen molar-refractivity contribution in [3.8, 4) is 0 Å². The number of carbonyl (C=O) groups excluding carboxylic acids is 1. The summed E-state index contributed by atoms with van der Waals surface area (Å²) in [7, 11) is 0. The van der Waals surface area contributed by atoms with Gasteiger partial charge in [-0.15, -0.1) is 0 Å². The molecule has 0 saturated heterocycles. The summed E-state index contributed by atoms with van der Waals surface area (Å²) in [5, 5.41) is 10.2. The first-order valence-electron chi connectivity index (χ1n) is 11.2. The van der Waals surface area contributed by atoms with E-state index in [1.54, 1.807) is 12.1 Å². The molecule has 3 fully saturated rings. The lowest BCUT2D eigenvalue weighted by Gasteiger charge is -2.56. The number of hydrogen-bond donors (Lipinski definition) is 1. The van der Waals surface area contributed by atoms with Crippen molar-refractivity contribution in [2.45, 2.75) is 64.9 Å². The van der Waals surface area contributed by atoms with Crippen LogP contribution < -0.4 is 0 Å². The maximum atomic E-state index is 13.4. The fraction of sp³-hybridized carbons (Fsp3) is 0.577. The molecule has 0 heterocycles. The van der Waals surface area contributed by atoms with Crippen LogP contribution in [0.3, 0.4) is 0 Å². The third kappa shape index (κ3) is 2.88. The number of fused-ring (bicyclic) bond motifs is 5. The number of hydrogen-bond acceptors (Lipinski definition) is 2. The number of carbonyl (C=O) groups is 1. The Bertz CT molecular complexity index is 898. The smallest absolute Gasteiger partial charge is 0.165 e. The van der Waals surface area contributed by atoms with E-state index >= 15 is 0 Å². The molecule has 29 heavy (non-hydrogen) atoms. The lowest BCUT2D eigenvalue weighted by Crippen LogP contribution is -2.50. The van der Waals surface area contributed by atoms with Gasteiger partial charge >= 0.3 is 0 Å². The molecule has 1 aromatic rings. The van der Waals surface area contributed by atoms with E-state index in [1.165, 1.54) is 17.7 Å². The molecule has 154 valence electrons. The monoisotopic (exact) mass is 394 g/mol. The van der Waals surface area contributed by atoms with Gasteiger partial charge in [0.2, 0.25) is 0 Å². The molecule has 0 bridgehead atoms. The van der Waals surface area contributed by atoms with Crippen LogP contribution in [0, 0.1) is 34.4 Å². The van der Waals surface area contributed by atoms with Gasteiger partial charge in [-0.25, -0.2) is 4.39 Å².